The molecule has 0 spiro atoms. The molecular weight excluding hydrogens is 244 g/mol. The van der Waals surface area contributed by atoms with E-state index >= 15 is 0 Å². The Kier molecular flexibility index (Phi) is 4.64. The highest BCUT2D eigenvalue weighted by molar-refractivity contribution is 7.98. The van der Waals surface area contributed by atoms with Gasteiger partial charge in [0, 0.05) is 17.8 Å². The van der Waals surface area contributed by atoms with E-state index in [1.807, 2.05) is 30.8 Å². The lowest BCUT2D eigenvalue weighted by molar-refractivity contribution is 0.993. The predicted molar refractivity (Wildman–Crippen MR) is 78.0 cm³/mol. The van der Waals surface area contributed by atoms with Crippen molar-refractivity contribution in [2.24, 2.45) is 0 Å². The highest BCUT2D eigenvalue weighted by atomic mass is 32.2. The van der Waals surface area contributed by atoms with Gasteiger partial charge >= 0.3 is 0 Å². The standard InChI is InChI=1S/C13H18N4S/c1-10-15-13(17-16-10)11-4-6-12(7-5-11)14-8-3-9-18-2/h4-7,14H,3,8-9H2,1-2H3,(H,15,16,17). The van der Waals surface area contributed by atoms with E-state index in [1.165, 1.54) is 12.2 Å². The smallest absolute Gasteiger partial charge is 0.181 e. The van der Waals surface area contributed by atoms with Crippen LogP contribution in [0.4, 0.5) is 5.69 Å². The van der Waals surface area contributed by atoms with Gasteiger partial charge in [0.2, 0.25) is 0 Å². The molecule has 0 bridgehead atoms. The Morgan fingerprint density at radius 3 is 2.67 bits per heavy atom. The van der Waals surface area contributed by atoms with Crippen LogP contribution in [0.2, 0.25) is 0 Å². The summed E-state index contributed by atoms with van der Waals surface area (Å²) in [5.74, 6) is 2.78. The lowest BCUT2D eigenvalue weighted by Crippen LogP contribution is -2.02. The topological polar surface area (TPSA) is 53.6 Å². The third-order valence-electron chi connectivity index (χ3n) is 2.59. The summed E-state index contributed by atoms with van der Waals surface area (Å²) in [5, 5.41) is 10.4. The van der Waals surface area contributed by atoms with Crippen molar-refractivity contribution in [2.75, 3.05) is 23.9 Å². The van der Waals surface area contributed by atoms with E-state index in [0.717, 1.165) is 29.4 Å². The molecule has 0 saturated heterocycles. The Morgan fingerprint density at radius 2 is 2.06 bits per heavy atom. The second kappa shape index (κ2) is 6.44. The molecule has 96 valence electrons. The number of aryl methyl sites for hydroxylation is 1. The van der Waals surface area contributed by atoms with E-state index in [4.69, 9.17) is 0 Å². The fourth-order valence-corrected chi connectivity index (χ4v) is 2.09. The number of H-pyrrole nitrogens is 1. The SMILES string of the molecule is CSCCCNc1ccc(-c2n[nH]c(C)n2)cc1. The highest BCUT2D eigenvalue weighted by Gasteiger charge is 2.02. The monoisotopic (exact) mass is 262 g/mol. The number of hydrogen-bond acceptors (Lipinski definition) is 4. The normalized spacial score (nSPS) is 10.6. The van der Waals surface area contributed by atoms with E-state index in [9.17, 15) is 0 Å². The summed E-state index contributed by atoms with van der Waals surface area (Å²) in [5.41, 5.74) is 2.18. The molecule has 2 aromatic rings. The lowest BCUT2D eigenvalue weighted by atomic mass is 10.2. The minimum atomic E-state index is 0.751. The summed E-state index contributed by atoms with van der Waals surface area (Å²) in [7, 11) is 0. The Bertz CT molecular complexity index is 478. The van der Waals surface area contributed by atoms with Gasteiger partial charge < -0.3 is 5.32 Å². The van der Waals surface area contributed by atoms with E-state index in [0.29, 0.717) is 0 Å². The number of aromatic nitrogens is 3. The maximum Gasteiger partial charge on any atom is 0.181 e. The number of thioether (sulfide) groups is 1. The number of hydrogen-bond donors (Lipinski definition) is 2. The van der Waals surface area contributed by atoms with Crippen molar-refractivity contribution in [3.8, 4) is 11.4 Å². The molecule has 0 radical (unpaired) electrons. The minimum absolute atomic E-state index is 0.751. The molecule has 1 aromatic heterocycles. The van der Waals surface area contributed by atoms with Crippen LogP contribution in [0.15, 0.2) is 24.3 Å². The number of anilines is 1. The third kappa shape index (κ3) is 3.50. The van der Waals surface area contributed by atoms with Crippen LogP contribution in [-0.4, -0.2) is 33.7 Å². The number of nitrogens with zero attached hydrogens (tertiary/aromatic N) is 2. The van der Waals surface area contributed by atoms with Gasteiger partial charge in [0.15, 0.2) is 5.82 Å². The summed E-state index contributed by atoms with van der Waals surface area (Å²) in [6.45, 7) is 2.91. The van der Waals surface area contributed by atoms with Crippen molar-refractivity contribution < 1.29 is 0 Å². The first kappa shape index (κ1) is 13.0. The van der Waals surface area contributed by atoms with E-state index < -0.39 is 0 Å². The predicted octanol–water partition coefficient (Wildman–Crippen LogP) is 2.95. The van der Waals surface area contributed by atoms with Crippen LogP contribution >= 0.6 is 11.8 Å². The minimum Gasteiger partial charge on any atom is -0.385 e. The highest BCUT2D eigenvalue weighted by Crippen LogP contribution is 2.17. The van der Waals surface area contributed by atoms with Crippen LogP contribution in [0.1, 0.15) is 12.2 Å². The Labute approximate surface area is 112 Å². The quantitative estimate of drug-likeness (QED) is 0.786. The van der Waals surface area contributed by atoms with Gasteiger partial charge in [0.25, 0.3) is 0 Å². The first-order valence-corrected chi connectivity index (χ1v) is 7.41. The summed E-state index contributed by atoms with van der Waals surface area (Å²) >= 11 is 1.88. The van der Waals surface area contributed by atoms with Crippen molar-refractivity contribution in [3.63, 3.8) is 0 Å². The van der Waals surface area contributed by atoms with Crippen LogP contribution in [0.25, 0.3) is 11.4 Å². The molecule has 1 heterocycles. The molecule has 2 rings (SSSR count). The fraction of sp³-hybridized carbons (Fsp3) is 0.385. The van der Waals surface area contributed by atoms with Gasteiger partial charge in [-0.05, 0) is 49.6 Å². The summed E-state index contributed by atoms with van der Waals surface area (Å²) in [6, 6.07) is 8.22. The molecule has 0 saturated carbocycles. The van der Waals surface area contributed by atoms with Gasteiger partial charge in [-0.25, -0.2) is 4.98 Å². The van der Waals surface area contributed by atoms with Crippen LogP contribution < -0.4 is 5.32 Å². The van der Waals surface area contributed by atoms with Crippen molar-refractivity contribution in [2.45, 2.75) is 13.3 Å². The maximum absolute atomic E-state index is 4.31. The molecule has 18 heavy (non-hydrogen) atoms. The molecule has 0 aliphatic carbocycles. The fourth-order valence-electron chi connectivity index (χ4n) is 1.66. The molecule has 5 heteroatoms. The summed E-state index contributed by atoms with van der Waals surface area (Å²) in [6.07, 6.45) is 3.32. The van der Waals surface area contributed by atoms with Gasteiger partial charge in [0.05, 0.1) is 0 Å². The zero-order valence-electron chi connectivity index (χ0n) is 10.7. The molecule has 0 aliphatic rings. The average molecular weight is 262 g/mol. The average Bonchev–Trinajstić information content (AvgIpc) is 2.82. The van der Waals surface area contributed by atoms with E-state index in [2.05, 4.69) is 38.9 Å². The molecule has 0 atom stereocenters. The van der Waals surface area contributed by atoms with Gasteiger partial charge in [-0.15, -0.1) is 0 Å². The molecule has 1 aromatic carbocycles. The van der Waals surface area contributed by atoms with Crippen LogP contribution in [0.5, 0.6) is 0 Å². The molecule has 0 aliphatic heterocycles. The second-order valence-electron chi connectivity index (χ2n) is 4.09. The van der Waals surface area contributed by atoms with Crippen molar-refractivity contribution in [1.82, 2.24) is 15.2 Å². The Hall–Kier alpha value is -1.49. The van der Waals surface area contributed by atoms with Gasteiger partial charge in [0.1, 0.15) is 5.82 Å². The first-order valence-electron chi connectivity index (χ1n) is 6.02. The first-order chi connectivity index (χ1) is 8.79. The van der Waals surface area contributed by atoms with Crippen LogP contribution in [0, 0.1) is 6.92 Å². The van der Waals surface area contributed by atoms with Gasteiger partial charge in [-0.3, -0.25) is 5.10 Å². The lowest BCUT2D eigenvalue weighted by Gasteiger charge is -2.05. The molecule has 2 N–H and O–H groups in total. The molecule has 0 unspecified atom stereocenters. The summed E-state index contributed by atoms with van der Waals surface area (Å²) in [4.78, 5) is 4.31. The third-order valence-corrected chi connectivity index (χ3v) is 3.29. The molecule has 0 fully saturated rings. The van der Waals surface area contributed by atoms with Gasteiger partial charge in [-0.1, -0.05) is 0 Å². The van der Waals surface area contributed by atoms with Crippen molar-refractivity contribution in [1.29, 1.82) is 0 Å². The second-order valence-corrected chi connectivity index (χ2v) is 5.08. The zero-order valence-corrected chi connectivity index (χ0v) is 11.5. The number of nitrogens with one attached hydrogen (secondary N) is 2. The maximum atomic E-state index is 4.31. The Morgan fingerprint density at radius 1 is 1.28 bits per heavy atom. The van der Waals surface area contributed by atoms with Gasteiger partial charge in [-0.2, -0.15) is 16.9 Å². The van der Waals surface area contributed by atoms with E-state index in [1.54, 1.807) is 0 Å². The van der Waals surface area contributed by atoms with Crippen molar-refractivity contribution >= 4 is 17.4 Å². The largest absolute Gasteiger partial charge is 0.385 e. The zero-order chi connectivity index (χ0) is 12.8. The van der Waals surface area contributed by atoms with Crippen LogP contribution in [-0.2, 0) is 0 Å². The van der Waals surface area contributed by atoms with Crippen molar-refractivity contribution in [3.05, 3.63) is 30.1 Å². The molecule has 4 nitrogen and oxygen atoms in total. The van der Waals surface area contributed by atoms with Crippen LogP contribution in [0.3, 0.4) is 0 Å². The molecular formula is C13H18N4S. The number of benzene rings is 1. The number of aromatic amines is 1. The summed E-state index contributed by atoms with van der Waals surface area (Å²) < 4.78 is 0. The molecule has 0 amide bonds. The number of rotatable bonds is 6. The Balaban J connectivity index is 1.93. The van der Waals surface area contributed by atoms with E-state index in [-0.39, 0.29) is 0 Å².